The van der Waals surface area contributed by atoms with Gasteiger partial charge in [-0.15, -0.1) is 0 Å². The highest BCUT2D eigenvalue weighted by Gasteiger charge is 2.54. The Balaban J connectivity index is 1.54. The van der Waals surface area contributed by atoms with Gasteiger partial charge in [0.05, 0.1) is 56.3 Å². The molecule has 270 valence electrons. The van der Waals surface area contributed by atoms with E-state index in [0.29, 0.717) is 0 Å². The molecule has 19 N–H and O–H groups in total. The Morgan fingerprint density at radius 1 is 0.630 bits per heavy atom. The van der Waals surface area contributed by atoms with Crippen LogP contribution in [0.4, 0.5) is 0 Å². The third-order valence-electron chi connectivity index (χ3n) is 9.07. The van der Waals surface area contributed by atoms with E-state index < -0.39 is 136 Å². The molecule has 3 aliphatic heterocycles. The number of ether oxygens (including phenoxy) is 6. The number of nitrogens with two attached hydrogens (primary N) is 5. The van der Waals surface area contributed by atoms with E-state index >= 15 is 0 Å². The molecule has 0 bridgehead atoms. The van der Waals surface area contributed by atoms with Crippen LogP contribution in [0.5, 0.6) is 0 Å². The van der Waals surface area contributed by atoms with Crippen LogP contribution in [0.3, 0.4) is 0 Å². The first-order valence-electron chi connectivity index (χ1n) is 15.5. The summed E-state index contributed by atoms with van der Waals surface area (Å²) < 4.78 is 35.3. The van der Waals surface area contributed by atoms with E-state index in [1.165, 1.54) is 0 Å². The van der Waals surface area contributed by atoms with Crippen molar-refractivity contribution >= 4 is 0 Å². The maximum atomic E-state index is 11.5. The monoisotopic (exact) mass is 672 g/mol. The molecule has 3 saturated heterocycles. The van der Waals surface area contributed by atoms with Gasteiger partial charge in [-0.2, -0.15) is 0 Å². The third kappa shape index (κ3) is 8.14. The molecule has 4 fully saturated rings. The molecule has 20 heteroatoms. The summed E-state index contributed by atoms with van der Waals surface area (Å²) >= 11 is 0. The first-order valence-corrected chi connectivity index (χ1v) is 15.5. The number of hydrogen-bond acceptors (Lipinski definition) is 20. The number of hydrogen-bond donors (Lipinski definition) is 14. The Hall–Kier alpha value is -0.800. The highest BCUT2D eigenvalue weighted by atomic mass is 16.8. The molecule has 0 amide bonds. The Morgan fingerprint density at radius 3 is 1.83 bits per heavy atom. The number of rotatable bonds is 13. The van der Waals surface area contributed by atoms with Gasteiger partial charge in [-0.1, -0.05) is 0 Å². The Kier molecular flexibility index (Phi) is 13.8. The fraction of sp³-hybridized carbons (Fsp3) is 1.00. The van der Waals surface area contributed by atoms with Crippen LogP contribution in [-0.2, 0) is 28.4 Å². The van der Waals surface area contributed by atoms with E-state index in [2.05, 4.69) is 5.32 Å². The van der Waals surface area contributed by atoms with Gasteiger partial charge in [-0.3, -0.25) is 0 Å². The van der Waals surface area contributed by atoms with Gasteiger partial charge in [0.2, 0.25) is 0 Å². The zero-order chi connectivity index (χ0) is 33.9. The Bertz CT molecular complexity index is 930. The molecule has 0 aromatic heterocycles. The predicted octanol–water partition coefficient (Wildman–Crippen LogP) is -8.88. The Morgan fingerprint density at radius 2 is 1.22 bits per heavy atom. The van der Waals surface area contributed by atoms with Gasteiger partial charge in [0.1, 0.15) is 48.8 Å². The molecule has 1 aliphatic carbocycles. The van der Waals surface area contributed by atoms with Crippen molar-refractivity contribution in [1.29, 1.82) is 0 Å². The molecule has 20 nitrogen and oxygen atoms in total. The largest absolute Gasteiger partial charge is 0.395 e. The summed E-state index contributed by atoms with van der Waals surface area (Å²) in [6, 6.07) is -4.56. The van der Waals surface area contributed by atoms with Gasteiger partial charge in [-0.05, 0) is 12.8 Å². The van der Waals surface area contributed by atoms with Gasteiger partial charge < -0.3 is 103 Å². The summed E-state index contributed by atoms with van der Waals surface area (Å²) in [4.78, 5) is 0. The van der Waals surface area contributed by atoms with Crippen LogP contribution < -0.4 is 34.0 Å². The van der Waals surface area contributed by atoms with E-state index in [4.69, 9.17) is 57.1 Å². The second kappa shape index (κ2) is 16.7. The molecule has 0 aromatic carbocycles. The highest BCUT2D eigenvalue weighted by molar-refractivity contribution is 5.03. The summed E-state index contributed by atoms with van der Waals surface area (Å²) in [6.07, 6.45) is -17.5. The van der Waals surface area contributed by atoms with Crippen LogP contribution in [0.2, 0.25) is 0 Å². The lowest BCUT2D eigenvalue weighted by atomic mass is 9.83. The second-order valence-corrected chi connectivity index (χ2v) is 12.3. The summed E-state index contributed by atoms with van der Waals surface area (Å²) in [6.45, 7) is -1.75. The van der Waals surface area contributed by atoms with E-state index in [0.717, 1.165) is 0 Å². The summed E-state index contributed by atoms with van der Waals surface area (Å²) in [7, 11) is 0. The lowest BCUT2D eigenvalue weighted by molar-refractivity contribution is -0.296. The molecular formula is C26H52N6O14. The number of nitrogens with one attached hydrogen (secondary N) is 1. The molecule has 0 spiro atoms. The first kappa shape index (κ1) is 38.0. The molecular weight excluding hydrogens is 620 g/mol. The zero-order valence-electron chi connectivity index (χ0n) is 25.3. The Labute approximate surface area is 265 Å². The minimum absolute atomic E-state index is 0.0227. The van der Waals surface area contributed by atoms with Crippen molar-refractivity contribution < 1.29 is 69.3 Å². The van der Waals surface area contributed by atoms with Crippen molar-refractivity contribution in [3.8, 4) is 0 Å². The lowest BCUT2D eigenvalue weighted by Crippen LogP contribution is -2.67. The van der Waals surface area contributed by atoms with Crippen LogP contribution in [0.15, 0.2) is 0 Å². The predicted molar refractivity (Wildman–Crippen MR) is 154 cm³/mol. The molecule has 46 heavy (non-hydrogen) atoms. The van der Waals surface area contributed by atoms with Crippen molar-refractivity contribution in [3.63, 3.8) is 0 Å². The van der Waals surface area contributed by atoms with Gasteiger partial charge in [0.25, 0.3) is 0 Å². The molecule has 4 rings (SSSR count). The van der Waals surface area contributed by atoms with E-state index in [-0.39, 0.29) is 25.9 Å². The van der Waals surface area contributed by atoms with Crippen LogP contribution in [0.25, 0.3) is 0 Å². The van der Waals surface area contributed by atoms with E-state index in [1.807, 2.05) is 0 Å². The van der Waals surface area contributed by atoms with Crippen molar-refractivity contribution in [1.82, 2.24) is 5.32 Å². The average Bonchev–Trinajstić information content (AvgIpc) is 3.34. The van der Waals surface area contributed by atoms with E-state index in [9.17, 15) is 40.9 Å². The van der Waals surface area contributed by atoms with Crippen molar-refractivity contribution in [2.24, 2.45) is 28.7 Å². The van der Waals surface area contributed by atoms with Crippen molar-refractivity contribution in [3.05, 3.63) is 0 Å². The van der Waals surface area contributed by atoms with Crippen LogP contribution in [0.1, 0.15) is 12.8 Å². The standard InChI is InChI=1S/C26H52N6O14/c27-3-13-12(36)2-10(30)24(41-13)44-21-9(29)1-11(32-8(5-33)6-34)17(37)23(21)46-26-20(40)22(15(7-35)43-26)45-25-16(31)19(39)18(38)14(4-28)42-25/h8-26,32-40H,1-7,27-31H2/t9-,10+,11+,12-,13+,14-,15+,16+,17-,18+,19+,20+,21+,22+,23+,24+,25+,26-/m0/s1. The maximum absolute atomic E-state index is 11.5. The van der Waals surface area contributed by atoms with Crippen molar-refractivity contribution in [2.75, 3.05) is 32.9 Å². The molecule has 4 aliphatic rings. The first-order chi connectivity index (χ1) is 21.9. The van der Waals surface area contributed by atoms with Gasteiger partial charge in [-0.25, -0.2) is 0 Å². The number of aliphatic hydroxyl groups is 8. The highest BCUT2D eigenvalue weighted by Crippen LogP contribution is 2.34. The minimum atomic E-state index is -1.63. The van der Waals surface area contributed by atoms with Crippen molar-refractivity contribution in [2.45, 2.75) is 129 Å². The zero-order valence-corrected chi connectivity index (χ0v) is 25.3. The minimum Gasteiger partial charge on any atom is -0.395 e. The third-order valence-corrected chi connectivity index (χ3v) is 9.07. The molecule has 0 aromatic rings. The van der Waals surface area contributed by atoms with Crippen LogP contribution in [-0.4, -0.2) is 190 Å². The summed E-state index contributed by atoms with van der Waals surface area (Å²) in [5.74, 6) is 0. The topological polar surface area (TPSA) is 359 Å². The average molecular weight is 673 g/mol. The van der Waals surface area contributed by atoms with Gasteiger partial charge in [0, 0.05) is 25.2 Å². The molecule has 0 unspecified atom stereocenters. The van der Waals surface area contributed by atoms with E-state index in [1.54, 1.807) is 0 Å². The molecule has 1 saturated carbocycles. The SMILES string of the molecule is NC[C@@H]1O[C@H](O[C@H]2[C@@H](O)[C@H](O[C@@H]3[C@@H](O)[C@H](NC(CO)CO)C[C@H](N)[C@H]3O[C@H]3O[C@H](CN)[C@@H](O)C[C@H]3N)O[C@@H]2CO)[C@H](N)[C@@H](O)[C@@H]1O. The van der Waals surface area contributed by atoms with Gasteiger partial charge in [0.15, 0.2) is 18.9 Å². The smallest absolute Gasteiger partial charge is 0.187 e. The fourth-order valence-electron chi connectivity index (χ4n) is 6.32. The van der Waals surface area contributed by atoms with Gasteiger partial charge >= 0.3 is 0 Å². The maximum Gasteiger partial charge on any atom is 0.187 e. The molecule has 0 radical (unpaired) electrons. The number of aliphatic hydroxyl groups excluding tert-OH is 8. The summed E-state index contributed by atoms with van der Waals surface area (Å²) in [5, 5.41) is 85.8. The quantitative estimate of drug-likeness (QED) is 0.0863. The molecule has 3 heterocycles. The fourth-order valence-corrected chi connectivity index (χ4v) is 6.32. The normalized spacial score (nSPS) is 48.7. The summed E-state index contributed by atoms with van der Waals surface area (Å²) in [5.41, 5.74) is 30.1. The second-order valence-electron chi connectivity index (χ2n) is 12.3. The lowest BCUT2D eigenvalue weighted by Gasteiger charge is -2.47. The molecule has 18 atom stereocenters. The van der Waals surface area contributed by atoms with Crippen LogP contribution in [0, 0.1) is 0 Å². The van der Waals surface area contributed by atoms with Crippen LogP contribution >= 0.6 is 0 Å².